The van der Waals surface area contributed by atoms with Gasteiger partial charge in [0.2, 0.25) is 5.88 Å². The molecule has 4 rings (SSSR count). The Bertz CT molecular complexity index is 1140. The Kier molecular flexibility index (Phi) is 5.11. The second kappa shape index (κ2) is 7.74. The molecular formula is C21H18F3N3O3. The lowest BCUT2D eigenvalue weighted by molar-refractivity contribution is 0.289. The summed E-state index contributed by atoms with van der Waals surface area (Å²) >= 11 is 0. The molecule has 0 N–H and O–H groups in total. The Hall–Kier alpha value is -3.49. The van der Waals surface area contributed by atoms with Gasteiger partial charge in [-0.1, -0.05) is 6.07 Å². The zero-order valence-electron chi connectivity index (χ0n) is 16.2. The summed E-state index contributed by atoms with van der Waals surface area (Å²) in [6, 6.07) is 8.81. The number of aromatic nitrogens is 2. The van der Waals surface area contributed by atoms with Gasteiger partial charge in [0.15, 0.2) is 17.4 Å². The number of fused-ring (bicyclic) bond motifs is 1. The quantitative estimate of drug-likeness (QED) is 0.631. The van der Waals surface area contributed by atoms with E-state index in [0.29, 0.717) is 12.4 Å². The Morgan fingerprint density at radius 2 is 1.87 bits per heavy atom. The summed E-state index contributed by atoms with van der Waals surface area (Å²) in [6.45, 7) is 2.30. The van der Waals surface area contributed by atoms with E-state index in [1.54, 1.807) is 6.07 Å². The Labute approximate surface area is 170 Å². The predicted molar refractivity (Wildman–Crippen MR) is 104 cm³/mol. The van der Waals surface area contributed by atoms with Gasteiger partial charge in [-0.3, -0.25) is 4.57 Å². The minimum absolute atomic E-state index is 0.0297. The van der Waals surface area contributed by atoms with Crippen LogP contribution < -0.4 is 20.1 Å². The lowest BCUT2D eigenvalue weighted by atomic mass is 10.2. The van der Waals surface area contributed by atoms with Crippen LogP contribution in [-0.2, 0) is 13.2 Å². The molecule has 1 aliphatic heterocycles. The summed E-state index contributed by atoms with van der Waals surface area (Å²) < 4.78 is 54.1. The van der Waals surface area contributed by atoms with Crippen molar-refractivity contribution in [2.75, 3.05) is 11.9 Å². The summed E-state index contributed by atoms with van der Waals surface area (Å²) in [7, 11) is 1.86. The van der Waals surface area contributed by atoms with Crippen molar-refractivity contribution < 1.29 is 22.6 Å². The van der Waals surface area contributed by atoms with Crippen molar-refractivity contribution in [3.05, 3.63) is 76.0 Å². The first-order valence-corrected chi connectivity index (χ1v) is 9.20. The van der Waals surface area contributed by atoms with E-state index in [2.05, 4.69) is 4.98 Å². The average molecular weight is 417 g/mol. The molecule has 9 heteroatoms. The maximum atomic E-state index is 14.4. The van der Waals surface area contributed by atoms with E-state index >= 15 is 0 Å². The Morgan fingerprint density at radius 1 is 1.13 bits per heavy atom. The molecule has 1 aromatic heterocycles. The number of anilines is 1. The molecule has 156 valence electrons. The summed E-state index contributed by atoms with van der Waals surface area (Å²) in [5.74, 6) is -2.47. The zero-order chi connectivity index (χ0) is 21.4. The van der Waals surface area contributed by atoms with Gasteiger partial charge in [0, 0.05) is 31.8 Å². The van der Waals surface area contributed by atoms with Crippen LogP contribution in [0.3, 0.4) is 0 Å². The van der Waals surface area contributed by atoms with Crippen molar-refractivity contribution >= 4 is 5.82 Å². The number of rotatable bonds is 5. The Morgan fingerprint density at radius 3 is 2.57 bits per heavy atom. The van der Waals surface area contributed by atoms with Crippen LogP contribution >= 0.6 is 0 Å². The number of ether oxygens (including phenoxy) is 2. The topological polar surface area (TPSA) is 56.6 Å². The lowest BCUT2D eigenvalue weighted by Crippen LogP contribution is -2.23. The van der Waals surface area contributed by atoms with Gasteiger partial charge in [0.1, 0.15) is 24.0 Å². The molecule has 0 spiro atoms. The molecule has 0 unspecified atom stereocenters. The van der Waals surface area contributed by atoms with Crippen LogP contribution in [0.15, 0.2) is 47.3 Å². The van der Waals surface area contributed by atoms with Crippen LogP contribution in [0.25, 0.3) is 0 Å². The monoisotopic (exact) mass is 417 g/mol. The van der Waals surface area contributed by atoms with Gasteiger partial charge >= 0.3 is 5.69 Å². The fourth-order valence-corrected chi connectivity index (χ4v) is 3.22. The predicted octanol–water partition coefficient (Wildman–Crippen LogP) is 3.87. The SMILES string of the molecule is C[C@H]1Cn2c(cc(OCc3cc(F)c(Oc4cccc(F)c4)c(F)c3)nc2=O)N1C. The average Bonchev–Trinajstić information content (AvgIpc) is 2.98. The van der Waals surface area contributed by atoms with E-state index in [-0.39, 0.29) is 29.8 Å². The van der Waals surface area contributed by atoms with Crippen LogP contribution in [0.2, 0.25) is 0 Å². The molecule has 3 aromatic rings. The van der Waals surface area contributed by atoms with Crippen LogP contribution in [0, 0.1) is 17.5 Å². The molecule has 2 aromatic carbocycles. The highest BCUT2D eigenvalue weighted by Crippen LogP contribution is 2.30. The third-order valence-corrected chi connectivity index (χ3v) is 4.90. The molecule has 0 saturated carbocycles. The second-order valence-electron chi connectivity index (χ2n) is 7.04. The Balaban J connectivity index is 1.51. The maximum Gasteiger partial charge on any atom is 0.352 e. The van der Waals surface area contributed by atoms with Crippen LogP contribution in [0.5, 0.6) is 17.4 Å². The number of halogens is 3. The van der Waals surface area contributed by atoms with E-state index < -0.39 is 28.9 Å². The number of likely N-dealkylation sites (N-methyl/N-ethyl adjacent to an activating group) is 1. The summed E-state index contributed by atoms with van der Waals surface area (Å²) in [5.41, 5.74) is -0.268. The van der Waals surface area contributed by atoms with Crippen molar-refractivity contribution in [2.24, 2.45) is 0 Å². The summed E-state index contributed by atoms with van der Waals surface area (Å²) in [5, 5.41) is 0. The van der Waals surface area contributed by atoms with E-state index in [1.807, 2.05) is 18.9 Å². The molecule has 2 heterocycles. The highest BCUT2D eigenvalue weighted by atomic mass is 19.1. The van der Waals surface area contributed by atoms with Gasteiger partial charge in [-0.2, -0.15) is 4.98 Å². The molecule has 0 fully saturated rings. The number of hydrogen-bond acceptors (Lipinski definition) is 5. The van der Waals surface area contributed by atoms with Gasteiger partial charge in [-0.15, -0.1) is 0 Å². The summed E-state index contributed by atoms with van der Waals surface area (Å²) in [6.07, 6.45) is 0. The van der Waals surface area contributed by atoms with Gasteiger partial charge in [-0.05, 0) is 36.8 Å². The molecule has 0 aliphatic carbocycles. The third-order valence-electron chi connectivity index (χ3n) is 4.90. The molecule has 1 atom stereocenters. The van der Waals surface area contributed by atoms with Crippen LogP contribution in [0.4, 0.5) is 19.0 Å². The molecular weight excluding hydrogens is 399 g/mol. The number of benzene rings is 2. The number of nitrogens with zero attached hydrogens (tertiary/aromatic N) is 3. The van der Waals surface area contributed by atoms with Gasteiger partial charge in [0.05, 0.1) is 0 Å². The molecule has 6 nitrogen and oxygen atoms in total. The molecule has 0 amide bonds. The second-order valence-corrected chi connectivity index (χ2v) is 7.04. The highest BCUT2D eigenvalue weighted by molar-refractivity contribution is 5.45. The molecule has 30 heavy (non-hydrogen) atoms. The summed E-state index contributed by atoms with van der Waals surface area (Å²) in [4.78, 5) is 18.0. The van der Waals surface area contributed by atoms with Crippen molar-refractivity contribution in [1.29, 1.82) is 0 Å². The molecule has 0 radical (unpaired) electrons. The molecule has 1 aliphatic rings. The molecule has 0 bridgehead atoms. The zero-order valence-corrected chi connectivity index (χ0v) is 16.2. The minimum atomic E-state index is -0.964. The fraction of sp³-hybridized carbons (Fsp3) is 0.238. The van der Waals surface area contributed by atoms with Crippen LogP contribution in [-0.4, -0.2) is 22.6 Å². The first-order valence-electron chi connectivity index (χ1n) is 9.20. The van der Waals surface area contributed by atoms with Crippen molar-refractivity contribution in [2.45, 2.75) is 26.1 Å². The third kappa shape index (κ3) is 3.83. The first kappa shape index (κ1) is 19.8. The first-order chi connectivity index (χ1) is 14.3. The smallest absolute Gasteiger partial charge is 0.352 e. The van der Waals surface area contributed by atoms with E-state index in [0.717, 1.165) is 18.2 Å². The van der Waals surface area contributed by atoms with Gasteiger partial charge < -0.3 is 14.4 Å². The van der Waals surface area contributed by atoms with E-state index in [4.69, 9.17) is 9.47 Å². The van der Waals surface area contributed by atoms with Gasteiger partial charge in [0.25, 0.3) is 0 Å². The minimum Gasteiger partial charge on any atom is -0.473 e. The number of hydrogen-bond donors (Lipinski definition) is 0. The van der Waals surface area contributed by atoms with Crippen molar-refractivity contribution in [3.63, 3.8) is 0 Å². The maximum absolute atomic E-state index is 14.4. The molecule has 0 saturated heterocycles. The van der Waals surface area contributed by atoms with Crippen molar-refractivity contribution in [1.82, 2.24) is 9.55 Å². The standard InChI is InChI=1S/C21H18F3N3O3/c1-12-10-27-19(26(12)2)9-18(25-21(27)28)29-11-13-6-16(23)20(17(24)7-13)30-15-5-3-4-14(22)8-15/h3-9,12H,10-11H2,1-2H3/t12-/m0/s1. The largest absolute Gasteiger partial charge is 0.473 e. The fourth-order valence-electron chi connectivity index (χ4n) is 3.22. The van der Waals surface area contributed by atoms with Gasteiger partial charge in [-0.25, -0.2) is 18.0 Å². The normalized spacial score (nSPS) is 15.2. The van der Waals surface area contributed by atoms with E-state index in [9.17, 15) is 18.0 Å². The van der Waals surface area contributed by atoms with E-state index in [1.165, 1.54) is 22.8 Å². The van der Waals surface area contributed by atoms with Crippen LogP contribution in [0.1, 0.15) is 12.5 Å². The lowest BCUT2D eigenvalue weighted by Gasteiger charge is -2.16. The van der Waals surface area contributed by atoms with Crippen molar-refractivity contribution in [3.8, 4) is 17.4 Å². The highest BCUT2D eigenvalue weighted by Gasteiger charge is 2.25.